The van der Waals surface area contributed by atoms with Crippen LogP contribution in [0.5, 0.6) is 0 Å². The topological polar surface area (TPSA) is 188 Å². The number of amides is 1. The van der Waals surface area contributed by atoms with E-state index in [1.165, 1.54) is 60.7 Å². The second-order valence-electron chi connectivity index (χ2n) is 9.58. The molecule has 5 aromatic carbocycles. The third-order valence-corrected chi connectivity index (χ3v) is 9.11. The van der Waals surface area contributed by atoms with E-state index in [0.29, 0.717) is 27.5 Å². The summed E-state index contributed by atoms with van der Waals surface area (Å²) in [6.07, 6.45) is 0. The fourth-order valence-electron chi connectivity index (χ4n) is 4.71. The number of hydrogen-bond acceptors (Lipinski definition) is 9. The van der Waals surface area contributed by atoms with Crippen molar-refractivity contribution in [2.45, 2.75) is 9.79 Å². The largest absolute Gasteiger partial charge is 0.321 e. The van der Waals surface area contributed by atoms with E-state index >= 15 is 0 Å². The molecule has 16 heteroatoms. The summed E-state index contributed by atoms with van der Waals surface area (Å²) in [7, 11) is -9.17. The SMILES string of the molecule is O=C(Nc1ccc(N=Nc2cccc3cc(S(=O)(=O)O)ccc23)c2cccc(S(=O)(=O)O)c12)c1ccc2nc(Cl)c(Cl)nc2c1. The van der Waals surface area contributed by atoms with Crippen LogP contribution in [0.3, 0.4) is 0 Å². The zero-order chi connectivity index (χ0) is 32.1. The number of nitrogens with zero attached hydrogens (tertiary/aromatic N) is 4. The number of benzene rings is 5. The first-order chi connectivity index (χ1) is 21.3. The fourth-order valence-corrected chi connectivity index (χ4v) is 6.22. The number of carbonyl (C=O) groups is 1. The van der Waals surface area contributed by atoms with Crippen LogP contribution in [0.1, 0.15) is 10.4 Å². The standard InChI is InChI=1S/C29H17Cl2N5O7S2/c30-27-28(31)33-24-14-16(7-10-22(24)32-27)29(37)34-23-12-11-21(19-4-2-6-25(26(19)23)45(41,42)43)36-35-20-5-1-3-15-13-17(44(38,39)40)8-9-18(15)20/h1-14H,(H,34,37)(H,38,39,40)(H,41,42,43). The number of nitrogens with one attached hydrogen (secondary N) is 1. The molecule has 45 heavy (non-hydrogen) atoms. The van der Waals surface area contributed by atoms with Gasteiger partial charge in [0.25, 0.3) is 26.1 Å². The predicted octanol–water partition coefficient (Wildman–Crippen LogP) is 7.40. The van der Waals surface area contributed by atoms with Gasteiger partial charge in [-0.15, -0.1) is 10.2 Å². The lowest BCUT2D eigenvalue weighted by molar-refractivity contribution is 0.102. The van der Waals surface area contributed by atoms with Gasteiger partial charge in [-0.2, -0.15) is 16.8 Å². The lowest BCUT2D eigenvalue weighted by Crippen LogP contribution is -2.13. The summed E-state index contributed by atoms with van der Waals surface area (Å²) in [6.45, 7) is 0. The quantitative estimate of drug-likeness (QED) is 0.119. The second kappa shape index (κ2) is 11.4. The minimum Gasteiger partial charge on any atom is -0.321 e. The normalized spacial score (nSPS) is 12.4. The summed E-state index contributed by atoms with van der Waals surface area (Å²) in [5.74, 6) is -0.620. The molecule has 12 nitrogen and oxygen atoms in total. The number of carbonyl (C=O) groups excluding carboxylic acids is 1. The molecular formula is C29H17Cl2N5O7S2. The Balaban J connectivity index is 1.42. The Hall–Kier alpha value is -4.57. The van der Waals surface area contributed by atoms with Gasteiger partial charge in [0.05, 0.1) is 33.0 Å². The van der Waals surface area contributed by atoms with E-state index in [1.54, 1.807) is 24.3 Å². The van der Waals surface area contributed by atoms with Crippen molar-refractivity contribution in [1.82, 2.24) is 9.97 Å². The van der Waals surface area contributed by atoms with Crippen LogP contribution in [0.4, 0.5) is 17.1 Å². The minimum atomic E-state index is -4.76. The maximum absolute atomic E-state index is 13.3. The van der Waals surface area contributed by atoms with Crippen molar-refractivity contribution in [3.63, 3.8) is 0 Å². The molecule has 0 bridgehead atoms. The third-order valence-electron chi connectivity index (χ3n) is 6.74. The second-order valence-corrected chi connectivity index (χ2v) is 13.1. The van der Waals surface area contributed by atoms with Gasteiger partial charge in [-0.1, -0.05) is 53.5 Å². The monoisotopic (exact) mass is 681 g/mol. The van der Waals surface area contributed by atoms with E-state index in [-0.39, 0.29) is 42.9 Å². The maximum Gasteiger partial charge on any atom is 0.295 e. The van der Waals surface area contributed by atoms with Crippen LogP contribution in [0.15, 0.2) is 105 Å². The van der Waals surface area contributed by atoms with E-state index in [4.69, 9.17) is 23.2 Å². The molecule has 0 aliphatic rings. The molecule has 6 aromatic rings. The highest BCUT2D eigenvalue weighted by molar-refractivity contribution is 7.86. The summed E-state index contributed by atoms with van der Waals surface area (Å²) in [5, 5.41) is 12.5. The predicted molar refractivity (Wildman–Crippen MR) is 169 cm³/mol. The first kappa shape index (κ1) is 30.5. The molecule has 0 aliphatic heterocycles. The van der Waals surface area contributed by atoms with Gasteiger partial charge in [-0.3, -0.25) is 13.9 Å². The minimum absolute atomic E-state index is 0.00885. The van der Waals surface area contributed by atoms with Crippen LogP contribution in [-0.2, 0) is 20.2 Å². The van der Waals surface area contributed by atoms with Crippen molar-refractivity contribution in [3.8, 4) is 0 Å². The molecule has 1 heterocycles. The number of fused-ring (bicyclic) bond motifs is 3. The van der Waals surface area contributed by atoms with E-state index < -0.39 is 31.0 Å². The fraction of sp³-hybridized carbons (Fsp3) is 0. The van der Waals surface area contributed by atoms with Crippen LogP contribution in [0.25, 0.3) is 32.6 Å². The highest BCUT2D eigenvalue weighted by atomic mass is 35.5. The van der Waals surface area contributed by atoms with Gasteiger partial charge in [-0.25, -0.2) is 9.97 Å². The Morgan fingerprint density at radius 2 is 1.40 bits per heavy atom. The number of aromatic nitrogens is 2. The van der Waals surface area contributed by atoms with Crippen molar-refractivity contribution in [1.29, 1.82) is 0 Å². The molecule has 0 fully saturated rings. The summed E-state index contributed by atoms with van der Waals surface area (Å²) in [6, 6.07) is 20.4. The molecule has 0 saturated carbocycles. The van der Waals surface area contributed by atoms with Crippen molar-refractivity contribution in [2.75, 3.05) is 5.32 Å². The Morgan fingerprint density at radius 3 is 2.11 bits per heavy atom. The third kappa shape index (κ3) is 6.07. The van der Waals surface area contributed by atoms with Gasteiger partial charge in [0.1, 0.15) is 4.90 Å². The molecule has 0 unspecified atom stereocenters. The highest BCUT2D eigenvalue weighted by Gasteiger charge is 2.21. The highest BCUT2D eigenvalue weighted by Crippen LogP contribution is 2.38. The average Bonchev–Trinajstić information content (AvgIpc) is 2.99. The van der Waals surface area contributed by atoms with Crippen molar-refractivity contribution in [2.24, 2.45) is 10.2 Å². The number of hydrogen-bond donors (Lipinski definition) is 3. The van der Waals surface area contributed by atoms with Crippen molar-refractivity contribution >= 4 is 99.0 Å². The zero-order valence-corrected chi connectivity index (χ0v) is 25.5. The molecule has 0 radical (unpaired) electrons. The summed E-state index contributed by atoms with van der Waals surface area (Å²) >= 11 is 11.9. The number of azo groups is 1. The zero-order valence-electron chi connectivity index (χ0n) is 22.4. The molecule has 0 atom stereocenters. The van der Waals surface area contributed by atoms with Gasteiger partial charge < -0.3 is 5.32 Å². The molecule has 0 spiro atoms. The molecule has 0 aliphatic carbocycles. The summed E-state index contributed by atoms with van der Waals surface area (Å²) in [5.41, 5.74) is 1.48. The Bertz CT molecular complexity index is 2470. The Labute approximate surface area is 264 Å². The first-order valence-corrected chi connectivity index (χ1v) is 16.3. The van der Waals surface area contributed by atoms with Crippen molar-refractivity contribution < 1.29 is 30.7 Å². The van der Waals surface area contributed by atoms with E-state index in [0.717, 1.165) is 0 Å². The van der Waals surface area contributed by atoms with Crippen LogP contribution in [0, 0.1) is 0 Å². The van der Waals surface area contributed by atoms with Crippen LogP contribution < -0.4 is 5.32 Å². The van der Waals surface area contributed by atoms with Crippen LogP contribution >= 0.6 is 23.2 Å². The van der Waals surface area contributed by atoms with Crippen molar-refractivity contribution in [3.05, 3.63) is 101 Å². The van der Waals surface area contributed by atoms with Gasteiger partial charge in [-0.05, 0) is 60.0 Å². The van der Waals surface area contributed by atoms with Gasteiger partial charge in [0.2, 0.25) is 0 Å². The summed E-state index contributed by atoms with van der Waals surface area (Å²) < 4.78 is 67.3. The lowest BCUT2D eigenvalue weighted by atomic mass is 10.1. The number of anilines is 1. The Morgan fingerprint density at radius 1 is 0.711 bits per heavy atom. The van der Waals surface area contributed by atoms with Crippen LogP contribution in [-0.4, -0.2) is 41.8 Å². The van der Waals surface area contributed by atoms with E-state index in [9.17, 15) is 30.7 Å². The average molecular weight is 683 g/mol. The molecule has 6 rings (SSSR count). The molecule has 1 amide bonds. The van der Waals surface area contributed by atoms with Gasteiger partial charge >= 0.3 is 0 Å². The van der Waals surface area contributed by atoms with Gasteiger partial charge in [0, 0.05) is 21.7 Å². The smallest absolute Gasteiger partial charge is 0.295 e. The maximum atomic E-state index is 13.3. The van der Waals surface area contributed by atoms with Gasteiger partial charge in [0.15, 0.2) is 10.3 Å². The number of halogens is 2. The van der Waals surface area contributed by atoms with E-state index in [2.05, 4.69) is 25.5 Å². The molecule has 3 N–H and O–H groups in total. The van der Waals surface area contributed by atoms with E-state index in [1.807, 2.05) is 0 Å². The molecule has 0 saturated heterocycles. The number of rotatable bonds is 6. The lowest BCUT2D eigenvalue weighted by Gasteiger charge is -2.13. The molecular weight excluding hydrogens is 665 g/mol. The molecule has 1 aromatic heterocycles. The summed E-state index contributed by atoms with van der Waals surface area (Å²) in [4.78, 5) is 20.8. The Kier molecular flexibility index (Phi) is 7.72. The first-order valence-electron chi connectivity index (χ1n) is 12.7. The molecule has 226 valence electrons. The van der Waals surface area contributed by atoms with Crippen LogP contribution in [0.2, 0.25) is 10.3 Å².